The Balaban J connectivity index is 1.44. The number of hydrogen-bond acceptors (Lipinski definition) is 6. The van der Waals surface area contributed by atoms with Crippen molar-refractivity contribution in [1.29, 1.82) is 0 Å². The summed E-state index contributed by atoms with van der Waals surface area (Å²) >= 11 is 5.64. The lowest BCUT2D eigenvalue weighted by molar-refractivity contribution is -0.118. The molecule has 2 aromatic heterocycles. The van der Waals surface area contributed by atoms with Gasteiger partial charge in [0.1, 0.15) is 0 Å². The average Bonchev–Trinajstić information content (AvgIpc) is 3.42. The van der Waals surface area contributed by atoms with Crippen molar-refractivity contribution < 1.29 is 14.0 Å². The highest BCUT2D eigenvalue weighted by atomic mass is 32.1. The van der Waals surface area contributed by atoms with Crippen LogP contribution < -0.4 is 5.73 Å². The lowest BCUT2D eigenvalue weighted by Crippen LogP contribution is -2.37. The van der Waals surface area contributed by atoms with E-state index in [4.69, 9.17) is 22.4 Å². The van der Waals surface area contributed by atoms with Crippen molar-refractivity contribution in [2.75, 3.05) is 13.1 Å². The number of primary amides is 1. The van der Waals surface area contributed by atoms with Crippen molar-refractivity contribution in [3.63, 3.8) is 0 Å². The minimum Gasteiger partial charge on any atom is -0.461 e. The number of Topliss-reactive ketones (excluding diaryl/α,β-unsaturated/α-hetero) is 1. The summed E-state index contributed by atoms with van der Waals surface area (Å²) in [6.45, 7) is 4.45. The molecule has 3 aromatic rings. The molecule has 0 spiro atoms. The number of aryl methyl sites for hydroxylation is 1. The van der Waals surface area contributed by atoms with E-state index in [1.807, 2.05) is 37.3 Å². The second-order valence-corrected chi connectivity index (χ2v) is 8.58. The molecular weight excluding hydrogens is 426 g/mol. The number of furan rings is 1. The molecule has 1 aliphatic heterocycles. The minimum absolute atomic E-state index is 0.0359. The van der Waals surface area contributed by atoms with Crippen LogP contribution in [0.25, 0.3) is 11.6 Å². The van der Waals surface area contributed by atoms with Crippen molar-refractivity contribution >= 4 is 23.9 Å². The highest BCUT2D eigenvalue weighted by Gasteiger charge is 2.26. The molecule has 0 saturated carbocycles. The van der Waals surface area contributed by atoms with Gasteiger partial charge in [-0.15, -0.1) is 5.10 Å². The van der Waals surface area contributed by atoms with Gasteiger partial charge >= 0.3 is 0 Å². The fraction of sp³-hybridized carbons (Fsp3) is 0.391. The second-order valence-electron chi connectivity index (χ2n) is 8.21. The topological polar surface area (TPSA) is 99.3 Å². The van der Waals surface area contributed by atoms with E-state index in [0.29, 0.717) is 29.6 Å². The summed E-state index contributed by atoms with van der Waals surface area (Å²) in [5, 5.41) is 4.66. The summed E-state index contributed by atoms with van der Waals surface area (Å²) in [6.07, 6.45) is 3.34. The number of hydrogen-bond donors (Lipinski definition) is 1. The van der Waals surface area contributed by atoms with Crippen LogP contribution in [0.5, 0.6) is 0 Å². The Morgan fingerprint density at radius 2 is 1.91 bits per heavy atom. The molecular formula is C23H27N5O3S. The fourth-order valence-electron chi connectivity index (χ4n) is 4.02. The van der Waals surface area contributed by atoms with Crippen molar-refractivity contribution in [2.45, 2.75) is 39.4 Å². The van der Waals surface area contributed by atoms with E-state index in [1.54, 1.807) is 21.6 Å². The fourth-order valence-corrected chi connectivity index (χ4v) is 4.30. The molecule has 32 heavy (non-hydrogen) atoms. The molecule has 0 unspecified atom stereocenters. The number of carbonyl (C=O) groups excluding carboxylic acids is 2. The van der Waals surface area contributed by atoms with E-state index >= 15 is 0 Å². The van der Waals surface area contributed by atoms with Crippen molar-refractivity contribution in [3.05, 3.63) is 58.6 Å². The predicted octanol–water partition coefficient (Wildman–Crippen LogP) is 3.41. The van der Waals surface area contributed by atoms with E-state index in [1.165, 1.54) is 0 Å². The number of aromatic nitrogens is 3. The molecule has 0 aliphatic carbocycles. The number of benzene rings is 1. The Kier molecular flexibility index (Phi) is 6.66. The van der Waals surface area contributed by atoms with Crippen molar-refractivity contribution in [1.82, 2.24) is 19.2 Å². The van der Waals surface area contributed by atoms with Crippen LogP contribution in [0.3, 0.4) is 0 Å². The summed E-state index contributed by atoms with van der Waals surface area (Å²) in [5.74, 6) is 1.02. The maximum Gasteiger partial charge on any atom is 0.219 e. The highest BCUT2D eigenvalue weighted by Crippen LogP contribution is 2.24. The van der Waals surface area contributed by atoms with Gasteiger partial charge in [0, 0.05) is 37.5 Å². The van der Waals surface area contributed by atoms with E-state index in [-0.39, 0.29) is 18.1 Å². The minimum atomic E-state index is -0.398. The standard InChI is InChI=1S/C23H27N5O3S/c1-16-4-6-17(7-5-16)21(30)18-8-11-26(12-9-18)15-28-23(32)27(13-10-20(24)29)22(25-28)19-3-2-14-31-19/h2-7,14,18H,8-13,15H2,1H3,(H2,24,29). The zero-order valence-corrected chi connectivity index (χ0v) is 18.9. The second kappa shape index (κ2) is 9.62. The first-order valence-electron chi connectivity index (χ1n) is 10.8. The molecule has 1 saturated heterocycles. The Bertz CT molecular complexity index is 1140. The maximum atomic E-state index is 12.8. The van der Waals surface area contributed by atoms with Gasteiger partial charge in [0.25, 0.3) is 0 Å². The number of rotatable bonds is 8. The zero-order valence-electron chi connectivity index (χ0n) is 18.1. The summed E-state index contributed by atoms with van der Waals surface area (Å²) in [7, 11) is 0. The number of amides is 1. The number of carbonyl (C=O) groups is 2. The molecule has 1 aliphatic rings. The number of likely N-dealkylation sites (tertiary alicyclic amines) is 1. The van der Waals surface area contributed by atoms with Crippen molar-refractivity contribution in [3.8, 4) is 11.6 Å². The lowest BCUT2D eigenvalue weighted by Gasteiger charge is -2.30. The first kappa shape index (κ1) is 22.2. The van der Waals surface area contributed by atoms with Gasteiger partial charge in [0.2, 0.25) is 5.91 Å². The number of nitrogens with zero attached hydrogens (tertiary/aromatic N) is 4. The smallest absolute Gasteiger partial charge is 0.219 e. The lowest BCUT2D eigenvalue weighted by atomic mass is 9.89. The quantitative estimate of drug-likeness (QED) is 0.414. The number of ketones is 1. The molecule has 1 fully saturated rings. The van der Waals surface area contributed by atoms with Crippen LogP contribution in [0.15, 0.2) is 47.1 Å². The van der Waals surface area contributed by atoms with Crippen LogP contribution in [0.4, 0.5) is 0 Å². The predicted molar refractivity (Wildman–Crippen MR) is 122 cm³/mol. The van der Waals surface area contributed by atoms with Crippen LogP contribution in [-0.2, 0) is 18.0 Å². The summed E-state index contributed by atoms with van der Waals surface area (Å²) in [6, 6.07) is 11.4. The van der Waals surface area contributed by atoms with Gasteiger partial charge in [-0.2, -0.15) is 0 Å². The van der Waals surface area contributed by atoms with Gasteiger partial charge < -0.3 is 10.2 Å². The molecule has 0 atom stereocenters. The zero-order chi connectivity index (χ0) is 22.7. The van der Waals surface area contributed by atoms with Gasteiger partial charge in [-0.3, -0.25) is 19.1 Å². The third kappa shape index (κ3) is 4.89. The third-order valence-electron chi connectivity index (χ3n) is 5.87. The molecule has 168 valence electrons. The number of piperidine rings is 1. The van der Waals surface area contributed by atoms with Gasteiger partial charge in [0.15, 0.2) is 22.1 Å². The summed E-state index contributed by atoms with van der Waals surface area (Å²) < 4.78 is 9.55. The van der Waals surface area contributed by atoms with Gasteiger partial charge in [-0.25, -0.2) is 4.68 Å². The Labute approximate surface area is 191 Å². The van der Waals surface area contributed by atoms with Gasteiger partial charge in [-0.1, -0.05) is 29.8 Å². The van der Waals surface area contributed by atoms with Gasteiger partial charge in [0.05, 0.1) is 12.9 Å². The van der Waals surface area contributed by atoms with E-state index in [0.717, 1.165) is 37.1 Å². The largest absolute Gasteiger partial charge is 0.461 e. The van der Waals surface area contributed by atoms with E-state index < -0.39 is 5.91 Å². The molecule has 9 heteroatoms. The monoisotopic (exact) mass is 453 g/mol. The molecule has 4 rings (SSSR count). The summed E-state index contributed by atoms with van der Waals surface area (Å²) in [4.78, 5) is 26.4. The molecule has 1 amide bonds. The molecule has 3 heterocycles. The van der Waals surface area contributed by atoms with Crippen LogP contribution in [0.2, 0.25) is 0 Å². The molecule has 2 N–H and O–H groups in total. The first-order valence-corrected chi connectivity index (χ1v) is 11.2. The van der Waals surface area contributed by atoms with Gasteiger partial charge in [-0.05, 0) is 44.1 Å². The Hall–Kier alpha value is -3.04. The Morgan fingerprint density at radius 1 is 1.19 bits per heavy atom. The highest BCUT2D eigenvalue weighted by molar-refractivity contribution is 7.71. The van der Waals surface area contributed by atoms with E-state index in [9.17, 15) is 9.59 Å². The molecule has 1 aromatic carbocycles. The first-order chi connectivity index (χ1) is 15.4. The van der Waals surface area contributed by atoms with Crippen LogP contribution in [0, 0.1) is 17.6 Å². The Morgan fingerprint density at radius 3 is 2.53 bits per heavy atom. The van der Waals surface area contributed by atoms with Crippen molar-refractivity contribution in [2.24, 2.45) is 11.7 Å². The molecule has 8 nitrogen and oxygen atoms in total. The normalized spacial score (nSPS) is 15.2. The molecule has 0 radical (unpaired) electrons. The maximum absolute atomic E-state index is 12.8. The van der Waals surface area contributed by atoms with Crippen LogP contribution in [-0.4, -0.2) is 44.0 Å². The van der Waals surface area contributed by atoms with E-state index in [2.05, 4.69) is 10.00 Å². The average molecular weight is 454 g/mol. The number of nitrogens with two attached hydrogens (primary N) is 1. The molecule has 0 bridgehead atoms. The summed E-state index contributed by atoms with van der Waals surface area (Å²) in [5.41, 5.74) is 7.26. The SMILES string of the molecule is Cc1ccc(C(=O)C2CCN(Cn3nc(-c4ccco4)n(CCC(N)=O)c3=S)CC2)cc1. The third-order valence-corrected chi connectivity index (χ3v) is 6.31. The van der Waals surface area contributed by atoms with Crippen LogP contribution >= 0.6 is 12.2 Å². The van der Waals surface area contributed by atoms with Crippen LogP contribution in [0.1, 0.15) is 35.2 Å².